The molecule has 0 N–H and O–H groups in total. The fraction of sp³-hybridized carbons (Fsp3) is 0.538. The molecule has 2 unspecified atom stereocenters. The Balaban J connectivity index is 2.03. The van der Waals surface area contributed by atoms with Crippen molar-refractivity contribution in [3.8, 4) is 0 Å². The van der Waals surface area contributed by atoms with Crippen LogP contribution in [0.2, 0.25) is 0 Å². The molecule has 76 valence electrons. The number of ether oxygens (including phenoxy) is 1. The van der Waals surface area contributed by atoms with Crippen LogP contribution in [0.5, 0.6) is 0 Å². The molecule has 1 aliphatic rings. The first-order valence-electron chi connectivity index (χ1n) is 5.54. The van der Waals surface area contributed by atoms with Crippen LogP contribution in [0.25, 0.3) is 0 Å². The van der Waals surface area contributed by atoms with Crippen molar-refractivity contribution >= 4 is 0 Å². The molecular weight excluding hydrogens is 172 g/mol. The van der Waals surface area contributed by atoms with Crippen LogP contribution in [0.15, 0.2) is 30.3 Å². The van der Waals surface area contributed by atoms with Gasteiger partial charge < -0.3 is 4.74 Å². The van der Waals surface area contributed by atoms with Crippen molar-refractivity contribution in [2.75, 3.05) is 6.61 Å². The van der Waals surface area contributed by atoms with Gasteiger partial charge in [-0.3, -0.25) is 0 Å². The lowest BCUT2D eigenvalue weighted by Gasteiger charge is -2.28. The van der Waals surface area contributed by atoms with E-state index in [1.807, 2.05) is 0 Å². The van der Waals surface area contributed by atoms with E-state index in [0.29, 0.717) is 12.0 Å². The van der Waals surface area contributed by atoms with Crippen LogP contribution in [-0.2, 0) is 4.74 Å². The molecule has 2 rings (SSSR count). The minimum Gasteiger partial charge on any atom is -0.378 e. The minimum absolute atomic E-state index is 0.436. The summed E-state index contributed by atoms with van der Waals surface area (Å²) < 4.78 is 5.79. The van der Waals surface area contributed by atoms with E-state index in [9.17, 15) is 0 Å². The van der Waals surface area contributed by atoms with Gasteiger partial charge in [0.1, 0.15) is 0 Å². The van der Waals surface area contributed by atoms with Gasteiger partial charge in [-0.15, -0.1) is 0 Å². The monoisotopic (exact) mass is 190 g/mol. The number of hydrogen-bond donors (Lipinski definition) is 0. The highest BCUT2D eigenvalue weighted by Crippen LogP contribution is 2.27. The van der Waals surface area contributed by atoms with Crippen LogP contribution in [0.4, 0.5) is 0 Å². The van der Waals surface area contributed by atoms with Gasteiger partial charge in [-0.2, -0.15) is 0 Å². The Bertz CT molecular complexity index is 262. The fourth-order valence-electron chi connectivity index (χ4n) is 2.13. The van der Waals surface area contributed by atoms with Gasteiger partial charge in [-0.25, -0.2) is 0 Å². The van der Waals surface area contributed by atoms with Crippen molar-refractivity contribution in [1.82, 2.24) is 0 Å². The van der Waals surface area contributed by atoms with Gasteiger partial charge >= 0.3 is 0 Å². The summed E-state index contributed by atoms with van der Waals surface area (Å²) in [5.41, 5.74) is 1.40. The third-order valence-corrected chi connectivity index (χ3v) is 3.10. The van der Waals surface area contributed by atoms with Crippen LogP contribution in [0.1, 0.15) is 37.7 Å². The van der Waals surface area contributed by atoms with Crippen molar-refractivity contribution in [3.63, 3.8) is 0 Å². The van der Waals surface area contributed by atoms with Gasteiger partial charge in [-0.05, 0) is 24.8 Å². The summed E-state index contributed by atoms with van der Waals surface area (Å²) in [6.07, 6.45) is 4.21. The van der Waals surface area contributed by atoms with Crippen LogP contribution < -0.4 is 0 Å². The molecule has 0 aromatic heterocycles. The second-order valence-corrected chi connectivity index (χ2v) is 4.10. The molecule has 1 aromatic carbocycles. The SMILES string of the molecule is CC(c1ccccc1)C1CCCCO1. The van der Waals surface area contributed by atoms with Crippen LogP contribution in [0, 0.1) is 0 Å². The lowest BCUT2D eigenvalue weighted by Crippen LogP contribution is -2.24. The van der Waals surface area contributed by atoms with E-state index >= 15 is 0 Å². The summed E-state index contributed by atoms with van der Waals surface area (Å²) in [5.74, 6) is 0.538. The molecular formula is C13H18O. The van der Waals surface area contributed by atoms with Crippen molar-refractivity contribution in [3.05, 3.63) is 35.9 Å². The molecule has 1 heterocycles. The summed E-state index contributed by atoms with van der Waals surface area (Å²) in [6, 6.07) is 10.7. The zero-order chi connectivity index (χ0) is 9.80. The lowest BCUT2D eigenvalue weighted by atomic mass is 9.91. The predicted molar refractivity (Wildman–Crippen MR) is 58.4 cm³/mol. The summed E-state index contributed by atoms with van der Waals surface area (Å²) in [4.78, 5) is 0. The Morgan fingerprint density at radius 2 is 2.00 bits per heavy atom. The molecule has 1 aliphatic heterocycles. The van der Waals surface area contributed by atoms with E-state index in [-0.39, 0.29) is 0 Å². The largest absolute Gasteiger partial charge is 0.378 e. The zero-order valence-corrected chi connectivity index (χ0v) is 8.78. The summed E-state index contributed by atoms with van der Waals surface area (Å²) in [5, 5.41) is 0. The standard InChI is InChI=1S/C13H18O/c1-11(12-7-3-2-4-8-12)13-9-5-6-10-14-13/h2-4,7-8,11,13H,5-6,9-10H2,1H3. The number of hydrogen-bond acceptors (Lipinski definition) is 1. The molecule has 1 nitrogen and oxygen atoms in total. The van der Waals surface area contributed by atoms with Crippen LogP contribution in [0.3, 0.4) is 0 Å². The van der Waals surface area contributed by atoms with Gasteiger partial charge in [0.15, 0.2) is 0 Å². The van der Waals surface area contributed by atoms with Gasteiger partial charge in [0, 0.05) is 12.5 Å². The molecule has 14 heavy (non-hydrogen) atoms. The first-order valence-corrected chi connectivity index (χ1v) is 5.54. The first-order chi connectivity index (χ1) is 6.88. The summed E-state index contributed by atoms with van der Waals surface area (Å²) in [7, 11) is 0. The highest BCUT2D eigenvalue weighted by molar-refractivity contribution is 5.20. The Morgan fingerprint density at radius 3 is 2.64 bits per heavy atom. The van der Waals surface area contributed by atoms with Crippen LogP contribution >= 0.6 is 0 Å². The van der Waals surface area contributed by atoms with Gasteiger partial charge in [0.05, 0.1) is 6.10 Å². The topological polar surface area (TPSA) is 9.23 Å². The van der Waals surface area contributed by atoms with E-state index in [0.717, 1.165) is 6.61 Å². The first kappa shape index (κ1) is 9.72. The van der Waals surface area contributed by atoms with E-state index in [1.165, 1.54) is 24.8 Å². The highest BCUT2D eigenvalue weighted by atomic mass is 16.5. The van der Waals surface area contributed by atoms with E-state index in [1.54, 1.807) is 0 Å². The molecule has 0 radical (unpaired) electrons. The van der Waals surface area contributed by atoms with E-state index in [2.05, 4.69) is 37.3 Å². The Labute approximate surface area is 86.1 Å². The quantitative estimate of drug-likeness (QED) is 0.695. The second kappa shape index (κ2) is 4.61. The molecule has 1 fully saturated rings. The molecule has 1 heteroatoms. The Hall–Kier alpha value is -0.820. The van der Waals surface area contributed by atoms with Crippen molar-refractivity contribution in [2.24, 2.45) is 0 Å². The normalized spacial score (nSPS) is 24.5. The second-order valence-electron chi connectivity index (χ2n) is 4.10. The predicted octanol–water partition coefficient (Wildman–Crippen LogP) is 3.36. The number of benzene rings is 1. The Kier molecular flexibility index (Phi) is 3.20. The molecule has 2 atom stereocenters. The third kappa shape index (κ3) is 2.16. The Morgan fingerprint density at radius 1 is 1.21 bits per heavy atom. The molecule has 0 bridgehead atoms. The van der Waals surface area contributed by atoms with Gasteiger partial charge in [0.25, 0.3) is 0 Å². The maximum atomic E-state index is 5.79. The average Bonchev–Trinajstić information content (AvgIpc) is 2.30. The highest BCUT2D eigenvalue weighted by Gasteiger charge is 2.21. The zero-order valence-electron chi connectivity index (χ0n) is 8.78. The fourth-order valence-corrected chi connectivity index (χ4v) is 2.13. The summed E-state index contributed by atoms with van der Waals surface area (Å²) >= 11 is 0. The summed E-state index contributed by atoms with van der Waals surface area (Å²) in [6.45, 7) is 3.22. The maximum absolute atomic E-state index is 5.79. The molecule has 0 spiro atoms. The lowest BCUT2D eigenvalue weighted by molar-refractivity contribution is 0.00240. The van der Waals surface area contributed by atoms with E-state index < -0.39 is 0 Å². The van der Waals surface area contributed by atoms with E-state index in [4.69, 9.17) is 4.74 Å². The third-order valence-electron chi connectivity index (χ3n) is 3.10. The van der Waals surface area contributed by atoms with Crippen LogP contribution in [-0.4, -0.2) is 12.7 Å². The van der Waals surface area contributed by atoms with Crippen molar-refractivity contribution in [1.29, 1.82) is 0 Å². The van der Waals surface area contributed by atoms with Crippen molar-refractivity contribution < 1.29 is 4.74 Å². The van der Waals surface area contributed by atoms with Gasteiger partial charge in [0.2, 0.25) is 0 Å². The molecule has 0 aliphatic carbocycles. The minimum atomic E-state index is 0.436. The molecule has 1 aromatic rings. The number of rotatable bonds is 2. The maximum Gasteiger partial charge on any atom is 0.0640 e. The van der Waals surface area contributed by atoms with Gasteiger partial charge in [-0.1, -0.05) is 37.3 Å². The smallest absolute Gasteiger partial charge is 0.0640 e. The molecule has 0 saturated carbocycles. The van der Waals surface area contributed by atoms with Crippen molar-refractivity contribution in [2.45, 2.75) is 38.2 Å². The average molecular weight is 190 g/mol. The molecule has 1 saturated heterocycles. The molecule has 0 amide bonds.